The van der Waals surface area contributed by atoms with Crippen molar-refractivity contribution in [2.45, 2.75) is 38.0 Å². The fourth-order valence-electron chi connectivity index (χ4n) is 1.86. The molecular weight excluding hydrogens is 284 g/mol. The fraction of sp³-hybridized carbons (Fsp3) is 0.615. The van der Waals surface area contributed by atoms with Gasteiger partial charge in [0.2, 0.25) is 0 Å². The Morgan fingerprint density at radius 3 is 2.58 bits per heavy atom. The van der Waals surface area contributed by atoms with E-state index in [1.54, 1.807) is 26.2 Å². The maximum atomic E-state index is 12.0. The van der Waals surface area contributed by atoms with Gasteiger partial charge in [-0.2, -0.15) is 0 Å². The van der Waals surface area contributed by atoms with Gasteiger partial charge in [-0.1, -0.05) is 18.5 Å². The summed E-state index contributed by atoms with van der Waals surface area (Å²) < 4.78 is 23.1. The van der Waals surface area contributed by atoms with Crippen LogP contribution in [0.5, 0.6) is 0 Å². The molecule has 0 saturated carbocycles. The average Bonchev–Trinajstić information content (AvgIpc) is 2.29. The molecule has 1 rings (SSSR count). The number of likely N-dealkylation sites (N-methyl/N-ethyl adjacent to an activating group) is 1. The number of nitrogens with zero attached hydrogens (tertiary/aromatic N) is 1. The van der Waals surface area contributed by atoms with Gasteiger partial charge in [0.25, 0.3) is 0 Å². The van der Waals surface area contributed by atoms with Crippen LogP contribution < -0.4 is 5.32 Å². The third-order valence-electron chi connectivity index (χ3n) is 3.53. The second-order valence-corrected chi connectivity index (χ2v) is 8.16. The lowest BCUT2D eigenvalue weighted by Gasteiger charge is -2.33. The van der Waals surface area contributed by atoms with Gasteiger partial charge in [0.15, 0.2) is 9.84 Å². The molecule has 1 heterocycles. The summed E-state index contributed by atoms with van der Waals surface area (Å²) in [6.45, 7) is 6.14. The fourth-order valence-corrected chi connectivity index (χ4v) is 2.74. The lowest BCUT2D eigenvalue weighted by atomic mass is 9.96. The monoisotopic (exact) mass is 304 g/mol. The molecule has 0 aliphatic carbocycles. The molecule has 0 saturated heterocycles. The number of hydrogen-bond acceptors (Lipinski definition) is 4. The SMILES string of the molecule is CCNC(Cc1ccncc1Cl)C(C)(C)S(C)(=O)=O. The maximum absolute atomic E-state index is 12.0. The highest BCUT2D eigenvalue weighted by Gasteiger charge is 2.38. The van der Waals surface area contributed by atoms with Crippen LogP contribution in [0.2, 0.25) is 5.02 Å². The van der Waals surface area contributed by atoms with Crippen LogP contribution in [-0.2, 0) is 16.3 Å². The summed E-state index contributed by atoms with van der Waals surface area (Å²) in [4.78, 5) is 3.94. The Morgan fingerprint density at radius 2 is 2.11 bits per heavy atom. The van der Waals surface area contributed by atoms with Crippen LogP contribution in [-0.4, -0.2) is 37.0 Å². The van der Waals surface area contributed by atoms with Crippen molar-refractivity contribution in [1.29, 1.82) is 0 Å². The molecule has 4 nitrogen and oxygen atoms in total. The largest absolute Gasteiger partial charge is 0.312 e. The smallest absolute Gasteiger partial charge is 0.154 e. The minimum atomic E-state index is -3.18. The van der Waals surface area contributed by atoms with E-state index in [2.05, 4.69) is 10.3 Å². The van der Waals surface area contributed by atoms with Crippen LogP contribution in [0.15, 0.2) is 18.5 Å². The zero-order valence-corrected chi connectivity index (χ0v) is 13.3. The van der Waals surface area contributed by atoms with Crippen LogP contribution in [0, 0.1) is 0 Å². The molecule has 19 heavy (non-hydrogen) atoms. The van der Waals surface area contributed by atoms with E-state index in [4.69, 9.17) is 11.6 Å². The zero-order valence-electron chi connectivity index (χ0n) is 11.8. The molecule has 1 atom stereocenters. The number of pyridine rings is 1. The highest BCUT2D eigenvalue weighted by atomic mass is 35.5. The molecule has 0 spiro atoms. The van der Waals surface area contributed by atoms with Crippen LogP contribution in [0.1, 0.15) is 26.3 Å². The zero-order chi connectivity index (χ0) is 14.7. The Morgan fingerprint density at radius 1 is 1.47 bits per heavy atom. The van der Waals surface area contributed by atoms with E-state index >= 15 is 0 Å². The highest BCUT2D eigenvalue weighted by Crippen LogP contribution is 2.25. The summed E-state index contributed by atoms with van der Waals surface area (Å²) in [5.41, 5.74) is 0.902. The lowest BCUT2D eigenvalue weighted by Crippen LogP contribution is -2.52. The normalized spacial score (nSPS) is 14.4. The van der Waals surface area contributed by atoms with Gasteiger partial charge in [0, 0.05) is 24.7 Å². The first kappa shape index (κ1) is 16.4. The average molecular weight is 305 g/mol. The molecule has 0 fully saturated rings. The van der Waals surface area contributed by atoms with Gasteiger partial charge in [-0.15, -0.1) is 0 Å². The Hall–Kier alpha value is -0.650. The van der Waals surface area contributed by atoms with Crippen molar-refractivity contribution in [2.24, 2.45) is 0 Å². The summed E-state index contributed by atoms with van der Waals surface area (Å²) in [6.07, 6.45) is 5.06. The third kappa shape index (κ3) is 3.91. The number of rotatable bonds is 6. The van der Waals surface area contributed by atoms with Crippen molar-refractivity contribution >= 4 is 21.4 Å². The summed E-state index contributed by atoms with van der Waals surface area (Å²) in [7, 11) is -3.18. The molecule has 1 aromatic heterocycles. The Bertz CT molecular complexity index is 529. The number of aromatic nitrogens is 1. The van der Waals surface area contributed by atoms with E-state index < -0.39 is 14.6 Å². The molecule has 108 valence electrons. The first-order chi connectivity index (χ1) is 8.70. The van der Waals surface area contributed by atoms with Gasteiger partial charge >= 0.3 is 0 Å². The Kier molecular flexibility index (Phi) is 5.35. The number of hydrogen-bond donors (Lipinski definition) is 1. The second-order valence-electron chi connectivity index (χ2n) is 5.16. The van der Waals surface area contributed by atoms with Gasteiger partial charge in [-0.05, 0) is 38.4 Å². The van der Waals surface area contributed by atoms with Crippen molar-refractivity contribution in [3.63, 3.8) is 0 Å². The van der Waals surface area contributed by atoms with Gasteiger partial charge in [0.05, 0.1) is 9.77 Å². The van der Waals surface area contributed by atoms with E-state index in [-0.39, 0.29) is 6.04 Å². The molecule has 0 aliphatic heterocycles. The third-order valence-corrected chi connectivity index (χ3v) is 6.06. The lowest BCUT2D eigenvalue weighted by molar-refractivity contribution is 0.413. The predicted molar refractivity (Wildman–Crippen MR) is 79.3 cm³/mol. The summed E-state index contributed by atoms with van der Waals surface area (Å²) in [5.74, 6) is 0. The number of halogens is 1. The van der Waals surface area contributed by atoms with E-state index in [1.165, 1.54) is 6.26 Å². The Balaban J connectivity index is 3.06. The molecule has 1 unspecified atom stereocenters. The Labute approximate surface area is 120 Å². The van der Waals surface area contributed by atoms with Crippen LogP contribution >= 0.6 is 11.6 Å². The van der Waals surface area contributed by atoms with Gasteiger partial charge < -0.3 is 5.32 Å². The second kappa shape index (κ2) is 6.20. The van der Waals surface area contributed by atoms with Crippen LogP contribution in [0.4, 0.5) is 0 Å². The van der Waals surface area contributed by atoms with Crippen molar-refractivity contribution in [3.8, 4) is 0 Å². The molecule has 0 bridgehead atoms. The molecule has 0 aliphatic rings. The first-order valence-corrected chi connectivity index (χ1v) is 8.48. The standard InChI is InChI=1S/C13H21ClN2O2S/c1-5-16-12(13(2,3)19(4,17)18)8-10-6-7-15-9-11(10)14/h6-7,9,12,16H,5,8H2,1-4H3. The van der Waals surface area contributed by atoms with Gasteiger partial charge in [-0.25, -0.2) is 8.42 Å². The highest BCUT2D eigenvalue weighted by molar-refractivity contribution is 7.92. The van der Waals surface area contributed by atoms with E-state index in [1.807, 2.05) is 13.0 Å². The van der Waals surface area contributed by atoms with E-state index in [9.17, 15) is 8.42 Å². The molecule has 0 radical (unpaired) electrons. The predicted octanol–water partition coefficient (Wildman–Crippen LogP) is 2.08. The summed E-state index contributed by atoms with van der Waals surface area (Å²) in [5, 5.41) is 3.81. The summed E-state index contributed by atoms with van der Waals surface area (Å²) >= 11 is 6.09. The first-order valence-electron chi connectivity index (χ1n) is 6.21. The topological polar surface area (TPSA) is 59.1 Å². The van der Waals surface area contributed by atoms with E-state index in [0.29, 0.717) is 18.0 Å². The maximum Gasteiger partial charge on any atom is 0.154 e. The van der Waals surface area contributed by atoms with Crippen molar-refractivity contribution in [1.82, 2.24) is 10.3 Å². The molecule has 1 aromatic rings. The van der Waals surface area contributed by atoms with E-state index in [0.717, 1.165) is 5.56 Å². The molecule has 0 aromatic carbocycles. The van der Waals surface area contributed by atoms with Crippen molar-refractivity contribution in [2.75, 3.05) is 12.8 Å². The minimum Gasteiger partial charge on any atom is -0.312 e. The van der Waals surface area contributed by atoms with Crippen LogP contribution in [0.3, 0.4) is 0 Å². The molecular formula is C13H21ClN2O2S. The molecule has 1 N–H and O–H groups in total. The number of sulfone groups is 1. The quantitative estimate of drug-likeness (QED) is 0.874. The van der Waals surface area contributed by atoms with Crippen molar-refractivity contribution in [3.05, 3.63) is 29.0 Å². The van der Waals surface area contributed by atoms with Gasteiger partial charge in [0.1, 0.15) is 0 Å². The van der Waals surface area contributed by atoms with Gasteiger partial charge in [-0.3, -0.25) is 4.98 Å². The number of nitrogens with one attached hydrogen (secondary N) is 1. The minimum absolute atomic E-state index is 0.201. The molecule has 6 heteroatoms. The van der Waals surface area contributed by atoms with Crippen molar-refractivity contribution < 1.29 is 8.42 Å². The molecule has 0 amide bonds. The summed E-state index contributed by atoms with van der Waals surface area (Å²) in [6, 6.07) is 1.62. The van der Waals surface area contributed by atoms with Crippen LogP contribution in [0.25, 0.3) is 0 Å².